The van der Waals surface area contributed by atoms with Gasteiger partial charge in [-0.2, -0.15) is 0 Å². The Kier molecular flexibility index (Phi) is 15.5. The summed E-state index contributed by atoms with van der Waals surface area (Å²) in [5.74, 6) is 0. The topological polar surface area (TPSA) is 0 Å². The Balaban J connectivity index is 2.49. The molecule has 1 rings (SSSR count). The molecule has 0 N–H and O–H groups in total. The predicted molar refractivity (Wildman–Crippen MR) is 119 cm³/mol. The van der Waals surface area contributed by atoms with Gasteiger partial charge in [-0.15, -0.1) is 0 Å². The van der Waals surface area contributed by atoms with E-state index in [1.54, 1.807) is 0 Å². The molecule has 0 heteroatoms. The van der Waals surface area contributed by atoms with Crippen LogP contribution in [0.5, 0.6) is 0 Å². The lowest BCUT2D eigenvalue weighted by atomic mass is 10.1. The Bertz CT molecular complexity index is 554. The zero-order valence-corrected chi connectivity index (χ0v) is 15.8. The molecule has 0 fully saturated rings. The fraction of sp³-hybridized carbons (Fsp3) is 0.231. The average Bonchev–Trinajstić information content (AvgIpc) is 2.65. The van der Waals surface area contributed by atoms with E-state index in [1.807, 2.05) is 72.9 Å². The molecular formula is C26H32. The Labute approximate surface area is 160 Å². The first kappa shape index (κ1) is 21.4. The van der Waals surface area contributed by atoms with Crippen molar-refractivity contribution >= 4 is 0 Å². The van der Waals surface area contributed by atoms with E-state index in [9.17, 15) is 0 Å². The minimum Gasteiger partial charge on any atom is -0.0845 e. The van der Waals surface area contributed by atoms with Crippen LogP contribution in [0.3, 0.4) is 0 Å². The van der Waals surface area contributed by atoms with Gasteiger partial charge in [-0.05, 0) is 25.7 Å². The first-order valence-electron chi connectivity index (χ1n) is 9.65. The SMILES string of the molecule is C1=CCCCCCC\C=C/C=C\C=C/C=C\C=C/C=C\C=C/C=C\C=C/1. The summed E-state index contributed by atoms with van der Waals surface area (Å²) in [6, 6.07) is 0. The summed E-state index contributed by atoms with van der Waals surface area (Å²) in [5.41, 5.74) is 0. The predicted octanol–water partition coefficient (Wildman–Crippen LogP) is 7.90. The Hall–Kier alpha value is -2.60. The summed E-state index contributed by atoms with van der Waals surface area (Å²) >= 11 is 0. The molecule has 136 valence electrons. The molecule has 0 amide bonds. The first-order chi connectivity index (χ1) is 13.0. The van der Waals surface area contributed by atoms with Gasteiger partial charge in [-0.1, -0.05) is 134 Å². The highest BCUT2D eigenvalue weighted by Crippen LogP contribution is 2.06. The van der Waals surface area contributed by atoms with Crippen molar-refractivity contribution in [1.29, 1.82) is 0 Å². The molecule has 0 aromatic heterocycles. The van der Waals surface area contributed by atoms with Crippen molar-refractivity contribution in [3.63, 3.8) is 0 Å². The second kappa shape index (κ2) is 18.7. The molecule has 0 bridgehead atoms. The number of hydrogen-bond acceptors (Lipinski definition) is 0. The second-order valence-electron chi connectivity index (χ2n) is 5.93. The molecule has 26 heavy (non-hydrogen) atoms. The molecule has 1 aliphatic carbocycles. The maximum atomic E-state index is 2.26. The van der Waals surface area contributed by atoms with Crippen molar-refractivity contribution in [2.75, 3.05) is 0 Å². The fourth-order valence-electron chi connectivity index (χ4n) is 2.25. The van der Waals surface area contributed by atoms with Gasteiger partial charge < -0.3 is 0 Å². The van der Waals surface area contributed by atoms with Crippen LogP contribution in [0.4, 0.5) is 0 Å². The van der Waals surface area contributed by atoms with E-state index in [-0.39, 0.29) is 0 Å². The summed E-state index contributed by atoms with van der Waals surface area (Å²) in [6.45, 7) is 0. The second-order valence-corrected chi connectivity index (χ2v) is 5.93. The third-order valence-corrected chi connectivity index (χ3v) is 3.65. The van der Waals surface area contributed by atoms with Crippen LogP contribution in [0.1, 0.15) is 38.5 Å². The molecule has 0 radical (unpaired) electrons. The van der Waals surface area contributed by atoms with Crippen LogP contribution in [-0.4, -0.2) is 0 Å². The van der Waals surface area contributed by atoms with Crippen molar-refractivity contribution < 1.29 is 0 Å². The molecular weight excluding hydrogens is 312 g/mol. The number of rotatable bonds is 0. The van der Waals surface area contributed by atoms with E-state index in [4.69, 9.17) is 0 Å². The highest BCUT2D eigenvalue weighted by Gasteiger charge is 1.86. The molecule has 0 saturated heterocycles. The molecule has 0 unspecified atom stereocenters. The maximum Gasteiger partial charge on any atom is -0.0348 e. The van der Waals surface area contributed by atoms with Crippen LogP contribution in [0.15, 0.2) is 122 Å². The zero-order chi connectivity index (χ0) is 18.4. The maximum absolute atomic E-state index is 2.26. The van der Waals surface area contributed by atoms with E-state index in [2.05, 4.69) is 48.6 Å². The van der Waals surface area contributed by atoms with E-state index < -0.39 is 0 Å². The minimum absolute atomic E-state index is 1.17. The van der Waals surface area contributed by atoms with Gasteiger partial charge >= 0.3 is 0 Å². The van der Waals surface area contributed by atoms with Crippen molar-refractivity contribution in [3.05, 3.63) is 122 Å². The van der Waals surface area contributed by atoms with E-state index in [1.165, 1.54) is 38.5 Å². The molecule has 0 heterocycles. The monoisotopic (exact) mass is 344 g/mol. The van der Waals surface area contributed by atoms with E-state index in [0.717, 1.165) is 0 Å². The molecule has 0 aromatic rings. The number of hydrogen-bond donors (Lipinski definition) is 0. The summed E-state index contributed by atoms with van der Waals surface area (Å²) in [4.78, 5) is 0. The largest absolute Gasteiger partial charge is 0.0845 e. The highest BCUT2D eigenvalue weighted by molar-refractivity contribution is 5.22. The van der Waals surface area contributed by atoms with Crippen LogP contribution < -0.4 is 0 Å². The zero-order valence-electron chi connectivity index (χ0n) is 15.8. The molecule has 0 atom stereocenters. The van der Waals surface area contributed by atoms with Gasteiger partial charge in [0.2, 0.25) is 0 Å². The smallest absolute Gasteiger partial charge is 0.0348 e. The van der Waals surface area contributed by atoms with Crippen LogP contribution in [-0.2, 0) is 0 Å². The fourth-order valence-corrected chi connectivity index (χ4v) is 2.25. The molecule has 1 aliphatic rings. The van der Waals surface area contributed by atoms with Gasteiger partial charge in [0.05, 0.1) is 0 Å². The van der Waals surface area contributed by atoms with Gasteiger partial charge in [-0.3, -0.25) is 0 Å². The lowest BCUT2D eigenvalue weighted by molar-refractivity contribution is 0.652. The van der Waals surface area contributed by atoms with Gasteiger partial charge in [0.25, 0.3) is 0 Å². The average molecular weight is 345 g/mol. The van der Waals surface area contributed by atoms with E-state index >= 15 is 0 Å². The third kappa shape index (κ3) is 16.3. The van der Waals surface area contributed by atoms with Crippen LogP contribution in [0.2, 0.25) is 0 Å². The van der Waals surface area contributed by atoms with Crippen LogP contribution in [0.25, 0.3) is 0 Å². The highest BCUT2D eigenvalue weighted by atomic mass is 13.9. The van der Waals surface area contributed by atoms with Gasteiger partial charge in [0, 0.05) is 0 Å². The quantitative estimate of drug-likeness (QED) is 0.419. The normalized spacial score (nSPS) is 28.9. The van der Waals surface area contributed by atoms with Crippen molar-refractivity contribution in [1.82, 2.24) is 0 Å². The molecule has 0 nitrogen and oxygen atoms in total. The van der Waals surface area contributed by atoms with Crippen molar-refractivity contribution in [2.45, 2.75) is 38.5 Å². The van der Waals surface area contributed by atoms with Crippen molar-refractivity contribution in [2.24, 2.45) is 0 Å². The van der Waals surface area contributed by atoms with Crippen LogP contribution in [0, 0.1) is 0 Å². The van der Waals surface area contributed by atoms with Crippen LogP contribution >= 0.6 is 0 Å². The van der Waals surface area contributed by atoms with E-state index in [0.29, 0.717) is 0 Å². The summed E-state index contributed by atoms with van der Waals surface area (Å²) < 4.78 is 0. The van der Waals surface area contributed by atoms with Gasteiger partial charge in [0.15, 0.2) is 0 Å². The van der Waals surface area contributed by atoms with Crippen molar-refractivity contribution in [3.8, 4) is 0 Å². The Morgan fingerprint density at radius 1 is 0.231 bits per heavy atom. The minimum atomic E-state index is 1.17. The third-order valence-electron chi connectivity index (χ3n) is 3.65. The first-order valence-corrected chi connectivity index (χ1v) is 9.65. The summed E-state index contributed by atoms with van der Waals surface area (Å²) in [6.07, 6.45) is 49.0. The Morgan fingerprint density at radius 2 is 0.462 bits per heavy atom. The molecule has 0 aromatic carbocycles. The lowest BCUT2D eigenvalue weighted by Crippen LogP contribution is -1.76. The van der Waals surface area contributed by atoms with Gasteiger partial charge in [0.1, 0.15) is 0 Å². The Morgan fingerprint density at radius 3 is 0.731 bits per heavy atom. The number of allylic oxidation sites excluding steroid dienone is 20. The summed E-state index contributed by atoms with van der Waals surface area (Å²) in [7, 11) is 0. The molecule has 0 saturated carbocycles. The lowest BCUT2D eigenvalue weighted by Gasteiger charge is -1.96. The molecule has 0 aliphatic heterocycles. The van der Waals surface area contributed by atoms with Gasteiger partial charge in [-0.25, -0.2) is 0 Å². The summed E-state index contributed by atoms with van der Waals surface area (Å²) in [5, 5.41) is 0. The standard InChI is InChI=1S/C26H32/c1-2-4-6-8-10-12-14-16-18-20-22-24-26-25-23-21-19-17-15-13-11-9-7-5-3-1/h1-20H,21-26H2/b3-1-,4-2-,7-5-,8-6-,11-9-,12-10-,15-13-,16-14-,19-17-,20-18?. The molecule has 0 spiro atoms.